The molecule has 7 aromatic carbocycles. The molecule has 46 heavy (non-hydrogen) atoms. The predicted molar refractivity (Wildman–Crippen MR) is 191 cm³/mol. The van der Waals surface area contributed by atoms with Gasteiger partial charge in [0.1, 0.15) is 0 Å². The van der Waals surface area contributed by atoms with Crippen LogP contribution in [0.2, 0.25) is 0 Å². The molecule has 3 heterocycles. The van der Waals surface area contributed by atoms with Crippen LogP contribution in [0, 0.1) is 0 Å². The van der Waals surface area contributed by atoms with Crippen molar-refractivity contribution in [3.63, 3.8) is 0 Å². The second-order valence-corrected chi connectivity index (χ2v) is 11.8. The zero-order chi connectivity index (χ0) is 30.2. The molecule has 0 aliphatic rings. The van der Waals surface area contributed by atoms with Crippen molar-refractivity contribution in [3.05, 3.63) is 158 Å². The van der Waals surface area contributed by atoms with Crippen LogP contribution in [0.5, 0.6) is 0 Å². The maximum absolute atomic E-state index is 5.44. The van der Waals surface area contributed by atoms with E-state index in [0.29, 0.717) is 5.95 Å². The van der Waals surface area contributed by atoms with E-state index in [-0.39, 0.29) is 0 Å². The van der Waals surface area contributed by atoms with Crippen LogP contribution in [0.1, 0.15) is 0 Å². The molecule has 0 saturated heterocycles. The van der Waals surface area contributed by atoms with Gasteiger partial charge in [-0.2, -0.15) is 0 Å². The van der Waals surface area contributed by atoms with Crippen LogP contribution in [-0.2, 0) is 0 Å². The third-order valence-electron chi connectivity index (χ3n) is 9.31. The zero-order valence-electron chi connectivity index (χ0n) is 24.8. The Hall–Kier alpha value is -6.26. The molecule has 0 unspecified atom stereocenters. The van der Waals surface area contributed by atoms with E-state index in [0.717, 1.165) is 55.2 Å². The van der Waals surface area contributed by atoms with Crippen molar-refractivity contribution in [2.24, 2.45) is 0 Å². The molecular formula is C42H26N4. The molecule has 10 aromatic rings. The lowest BCUT2D eigenvalue weighted by Crippen LogP contribution is -2.05. The first kappa shape index (κ1) is 25.1. The molecule has 10 rings (SSSR count). The standard InChI is InChI=1S/C42H26N4/c1-3-14-28(15-4-1)38-35-24-23-27-13-7-8-18-30(27)39(35)44-42(43-38)46-37-22-12-10-20-32(37)34-26-25-33-31-19-9-11-21-36(31)45(40(33)41(34)46)29-16-5-2-6-17-29/h1-26H. The second-order valence-electron chi connectivity index (χ2n) is 11.8. The largest absolute Gasteiger partial charge is 0.307 e. The summed E-state index contributed by atoms with van der Waals surface area (Å²) in [5, 5.41) is 8.08. The molecule has 0 N–H and O–H groups in total. The number of hydrogen-bond donors (Lipinski definition) is 0. The first-order valence-electron chi connectivity index (χ1n) is 15.6. The predicted octanol–water partition coefficient (Wildman–Crippen LogP) is 10.6. The lowest BCUT2D eigenvalue weighted by Gasteiger charge is -2.14. The van der Waals surface area contributed by atoms with Crippen LogP contribution >= 0.6 is 0 Å². The summed E-state index contributed by atoms with van der Waals surface area (Å²) in [4.78, 5) is 10.9. The van der Waals surface area contributed by atoms with E-state index in [4.69, 9.17) is 9.97 Å². The van der Waals surface area contributed by atoms with Crippen LogP contribution in [0.4, 0.5) is 0 Å². The second kappa shape index (κ2) is 9.62. The number of para-hydroxylation sites is 3. The summed E-state index contributed by atoms with van der Waals surface area (Å²) in [5.41, 5.74) is 8.54. The fourth-order valence-corrected chi connectivity index (χ4v) is 7.32. The van der Waals surface area contributed by atoms with Crippen LogP contribution < -0.4 is 0 Å². The van der Waals surface area contributed by atoms with Crippen molar-refractivity contribution >= 4 is 65.3 Å². The maximum atomic E-state index is 5.44. The number of aromatic nitrogens is 4. The van der Waals surface area contributed by atoms with Gasteiger partial charge in [-0.25, -0.2) is 9.97 Å². The summed E-state index contributed by atoms with van der Waals surface area (Å²) in [5.74, 6) is 0.659. The van der Waals surface area contributed by atoms with Gasteiger partial charge in [0.15, 0.2) is 0 Å². The maximum Gasteiger partial charge on any atom is 0.235 e. The highest BCUT2D eigenvalue weighted by Gasteiger charge is 2.23. The van der Waals surface area contributed by atoms with Gasteiger partial charge in [0.2, 0.25) is 5.95 Å². The van der Waals surface area contributed by atoms with E-state index in [9.17, 15) is 0 Å². The normalized spacial score (nSPS) is 11.9. The molecule has 0 amide bonds. The molecule has 214 valence electrons. The summed E-state index contributed by atoms with van der Waals surface area (Å²) in [6.45, 7) is 0. The topological polar surface area (TPSA) is 35.6 Å². The average Bonchev–Trinajstić information content (AvgIpc) is 3.65. The Labute approximate surface area is 264 Å². The summed E-state index contributed by atoms with van der Waals surface area (Å²) >= 11 is 0. The summed E-state index contributed by atoms with van der Waals surface area (Å²) in [6.07, 6.45) is 0. The fourth-order valence-electron chi connectivity index (χ4n) is 7.32. The van der Waals surface area contributed by atoms with Crippen molar-refractivity contribution in [2.45, 2.75) is 0 Å². The molecule has 0 atom stereocenters. The Morgan fingerprint density at radius 3 is 1.63 bits per heavy atom. The molecule has 0 aliphatic heterocycles. The van der Waals surface area contributed by atoms with Gasteiger partial charge in [0.05, 0.1) is 33.3 Å². The summed E-state index contributed by atoms with van der Waals surface area (Å²) < 4.78 is 4.69. The minimum Gasteiger partial charge on any atom is -0.307 e. The lowest BCUT2D eigenvalue weighted by atomic mass is 10.0. The Bertz CT molecular complexity index is 2790. The van der Waals surface area contributed by atoms with Gasteiger partial charge in [-0.3, -0.25) is 4.57 Å². The molecule has 0 bridgehead atoms. The van der Waals surface area contributed by atoms with E-state index in [1.807, 2.05) is 0 Å². The molecule has 0 saturated carbocycles. The van der Waals surface area contributed by atoms with Gasteiger partial charge >= 0.3 is 0 Å². The first-order valence-corrected chi connectivity index (χ1v) is 15.6. The van der Waals surface area contributed by atoms with Crippen molar-refractivity contribution in [1.82, 2.24) is 19.1 Å². The van der Waals surface area contributed by atoms with Gasteiger partial charge in [-0.15, -0.1) is 0 Å². The number of benzene rings is 7. The Morgan fingerprint density at radius 1 is 0.370 bits per heavy atom. The summed E-state index contributed by atoms with van der Waals surface area (Å²) in [7, 11) is 0. The molecule has 0 aliphatic carbocycles. The highest BCUT2D eigenvalue weighted by Crippen LogP contribution is 2.42. The van der Waals surface area contributed by atoms with E-state index in [1.54, 1.807) is 0 Å². The SMILES string of the molecule is c1ccc(-c2nc(-n3c4ccccc4c4ccc5c6ccccc6n(-c6ccccc6)c5c43)nc3c2ccc2ccccc23)cc1. The van der Waals surface area contributed by atoms with Crippen molar-refractivity contribution in [1.29, 1.82) is 0 Å². The van der Waals surface area contributed by atoms with Crippen molar-refractivity contribution in [2.75, 3.05) is 0 Å². The van der Waals surface area contributed by atoms with E-state index in [2.05, 4.69) is 167 Å². The number of fused-ring (bicyclic) bond motifs is 10. The zero-order valence-corrected chi connectivity index (χ0v) is 24.8. The van der Waals surface area contributed by atoms with E-state index in [1.165, 1.54) is 27.1 Å². The highest BCUT2D eigenvalue weighted by atomic mass is 15.2. The minimum absolute atomic E-state index is 0.659. The van der Waals surface area contributed by atoms with E-state index >= 15 is 0 Å². The van der Waals surface area contributed by atoms with Crippen LogP contribution in [-0.4, -0.2) is 19.1 Å². The third-order valence-corrected chi connectivity index (χ3v) is 9.31. The third kappa shape index (κ3) is 3.49. The molecular weight excluding hydrogens is 560 g/mol. The number of rotatable bonds is 3. The number of hydrogen-bond acceptors (Lipinski definition) is 2. The van der Waals surface area contributed by atoms with Gasteiger partial charge in [0, 0.05) is 43.6 Å². The molecule has 0 radical (unpaired) electrons. The van der Waals surface area contributed by atoms with Crippen molar-refractivity contribution in [3.8, 4) is 22.9 Å². The first-order chi connectivity index (χ1) is 22.8. The molecule has 3 aromatic heterocycles. The van der Waals surface area contributed by atoms with E-state index < -0.39 is 0 Å². The van der Waals surface area contributed by atoms with Crippen LogP contribution in [0.25, 0.3) is 88.2 Å². The monoisotopic (exact) mass is 586 g/mol. The molecule has 4 heteroatoms. The van der Waals surface area contributed by atoms with Crippen LogP contribution in [0.15, 0.2) is 158 Å². The number of nitrogens with zero attached hydrogens (tertiary/aromatic N) is 4. The van der Waals surface area contributed by atoms with Gasteiger partial charge < -0.3 is 4.57 Å². The van der Waals surface area contributed by atoms with Gasteiger partial charge in [-0.05, 0) is 35.7 Å². The minimum atomic E-state index is 0.659. The van der Waals surface area contributed by atoms with Crippen molar-refractivity contribution < 1.29 is 0 Å². The Kier molecular flexibility index (Phi) is 5.25. The van der Waals surface area contributed by atoms with Gasteiger partial charge in [-0.1, -0.05) is 127 Å². The fraction of sp³-hybridized carbons (Fsp3) is 0. The Morgan fingerprint density at radius 2 is 0.913 bits per heavy atom. The molecule has 0 spiro atoms. The summed E-state index contributed by atoms with van der Waals surface area (Å²) in [6, 6.07) is 55.8. The lowest BCUT2D eigenvalue weighted by molar-refractivity contribution is 1.01. The molecule has 0 fully saturated rings. The Balaban J connectivity index is 1.44. The molecule has 4 nitrogen and oxygen atoms in total. The smallest absolute Gasteiger partial charge is 0.235 e. The highest BCUT2D eigenvalue weighted by molar-refractivity contribution is 6.23. The van der Waals surface area contributed by atoms with Gasteiger partial charge in [0.25, 0.3) is 0 Å². The average molecular weight is 587 g/mol. The quantitative estimate of drug-likeness (QED) is 0.193. The van der Waals surface area contributed by atoms with Crippen LogP contribution in [0.3, 0.4) is 0 Å².